The van der Waals surface area contributed by atoms with E-state index in [1.807, 2.05) is 12.1 Å². The molecule has 6 heteroatoms. The quantitative estimate of drug-likeness (QED) is 0.401. The number of ether oxygens (including phenoxy) is 1. The van der Waals surface area contributed by atoms with Crippen LogP contribution in [-0.4, -0.2) is 49.3 Å². The first-order valence-corrected chi connectivity index (χ1v) is 8.93. The van der Waals surface area contributed by atoms with Crippen LogP contribution in [0, 0.1) is 11.8 Å². The van der Waals surface area contributed by atoms with E-state index in [-0.39, 0.29) is 29.7 Å². The number of guanidine groups is 1. The molecule has 1 aliphatic heterocycles. The molecule has 2 N–H and O–H groups in total. The summed E-state index contributed by atoms with van der Waals surface area (Å²) in [4.78, 5) is 7.15. The zero-order valence-corrected chi connectivity index (χ0v) is 18.1. The maximum atomic E-state index is 10.2. The maximum absolute atomic E-state index is 10.2. The highest BCUT2D eigenvalue weighted by Gasteiger charge is 2.23. The molecule has 0 saturated carbocycles. The number of para-hydroxylation sites is 1. The summed E-state index contributed by atoms with van der Waals surface area (Å²) in [6, 6.07) is 5.59. The van der Waals surface area contributed by atoms with Gasteiger partial charge >= 0.3 is 0 Å². The number of nitrogens with one attached hydrogen (secondary N) is 1. The van der Waals surface area contributed by atoms with Crippen molar-refractivity contribution in [2.45, 2.75) is 33.6 Å². The van der Waals surface area contributed by atoms with E-state index in [2.05, 4.69) is 31.0 Å². The van der Waals surface area contributed by atoms with Crippen LogP contribution in [0.3, 0.4) is 0 Å². The molecule has 1 saturated heterocycles. The van der Waals surface area contributed by atoms with Gasteiger partial charge in [-0.25, -0.2) is 0 Å². The van der Waals surface area contributed by atoms with Crippen molar-refractivity contribution < 1.29 is 9.84 Å². The highest BCUT2D eigenvalue weighted by Crippen LogP contribution is 2.29. The Kier molecular flexibility index (Phi) is 9.38. The molecule has 1 aliphatic rings. The zero-order valence-electron chi connectivity index (χ0n) is 15.8. The monoisotopic (exact) mass is 461 g/mol. The lowest BCUT2D eigenvalue weighted by Crippen LogP contribution is -2.48. The molecule has 25 heavy (non-hydrogen) atoms. The minimum atomic E-state index is 0. The molecule has 1 fully saturated rings. The number of aromatic hydroxyl groups is 1. The predicted molar refractivity (Wildman–Crippen MR) is 114 cm³/mol. The Labute approximate surface area is 168 Å². The maximum Gasteiger partial charge on any atom is 0.193 e. The second-order valence-corrected chi connectivity index (χ2v) is 6.80. The Balaban J connectivity index is 0.00000312. The Bertz CT molecular complexity index is 556. The number of phenols is 1. The molecule has 2 rings (SSSR count). The van der Waals surface area contributed by atoms with Crippen molar-refractivity contribution in [1.82, 2.24) is 10.2 Å². The smallest absolute Gasteiger partial charge is 0.193 e. The summed E-state index contributed by atoms with van der Waals surface area (Å²) in [5, 5.41) is 13.6. The fraction of sp³-hybridized carbons (Fsp3) is 0.632. The Morgan fingerprint density at radius 3 is 2.60 bits per heavy atom. The van der Waals surface area contributed by atoms with Crippen LogP contribution >= 0.6 is 24.0 Å². The summed E-state index contributed by atoms with van der Waals surface area (Å²) >= 11 is 0. The molecule has 0 aliphatic carbocycles. The number of benzene rings is 1. The molecule has 1 heterocycles. The SMILES string of the molecule is CCNC(=NCCc1cccc(OC)c1O)N1CC(C)CC(C)C1.I. The average Bonchev–Trinajstić information content (AvgIpc) is 2.54. The number of aliphatic imine (C=N–C) groups is 1. The van der Waals surface area contributed by atoms with E-state index < -0.39 is 0 Å². The molecule has 0 radical (unpaired) electrons. The van der Waals surface area contributed by atoms with E-state index in [4.69, 9.17) is 9.73 Å². The number of hydrogen-bond acceptors (Lipinski definition) is 3. The van der Waals surface area contributed by atoms with Crippen molar-refractivity contribution in [2.24, 2.45) is 16.8 Å². The van der Waals surface area contributed by atoms with Gasteiger partial charge in [0, 0.05) is 26.2 Å². The summed E-state index contributed by atoms with van der Waals surface area (Å²) in [5.74, 6) is 3.11. The molecule has 0 bridgehead atoms. The number of methoxy groups -OCH3 is 1. The topological polar surface area (TPSA) is 57.1 Å². The van der Waals surface area contributed by atoms with Crippen LogP contribution in [-0.2, 0) is 6.42 Å². The normalized spacial score (nSPS) is 20.8. The number of hydrogen-bond donors (Lipinski definition) is 2. The number of halogens is 1. The van der Waals surface area contributed by atoms with Crippen molar-refractivity contribution in [2.75, 3.05) is 33.3 Å². The highest BCUT2D eigenvalue weighted by atomic mass is 127. The van der Waals surface area contributed by atoms with Crippen LogP contribution in [0.1, 0.15) is 32.8 Å². The molecule has 0 amide bonds. The van der Waals surface area contributed by atoms with Crippen molar-refractivity contribution in [3.8, 4) is 11.5 Å². The lowest BCUT2D eigenvalue weighted by atomic mass is 9.92. The number of likely N-dealkylation sites (tertiary alicyclic amines) is 1. The number of rotatable bonds is 5. The van der Waals surface area contributed by atoms with Gasteiger partial charge in [-0.05, 0) is 43.2 Å². The summed E-state index contributed by atoms with van der Waals surface area (Å²) in [6.07, 6.45) is 1.98. The first-order valence-electron chi connectivity index (χ1n) is 8.93. The first kappa shape index (κ1) is 21.9. The predicted octanol–water partition coefficient (Wildman–Crippen LogP) is 3.50. The van der Waals surface area contributed by atoms with Gasteiger partial charge < -0.3 is 20.1 Å². The molecular weight excluding hydrogens is 429 g/mol. The minimum absolute atomic E-state index is 0. The van der Waals surface area contributed by atoms with E-state index >= 15 is 0 Å². The van der Waals surface area contributed by atoms with Crippen LogP contribution in [0.2, 0.25) is 0 Å². The number of nitrogens with zero attached hydrogens (tertiary/aromatic N) is 2. The van der Waals surface area contributed by atoms with Gasteiger partial charge in [0.25, 0.3) is 0 Å². The van der Waals surface area contributed by atoms with Gasteiger partial charge in [0.1, 0.15) is 0 Å². The molecule has 0 spiro atoms. The zero-order chi connectivity index (χ0) is 17.5. The number of piperidine rings is 1. The van der Waals surface area contributed by atoms with Gasteiger partial charge in [-0.1, -0.05) is 26.0 Å². The van der Waals surface area contributed by atoms with E-state index in [1.165, 1.54) is 6.42 Å². The second-order valence-electron chi connectivity index (χ2n) is 6.80. The minimum Gasteiger partial charge on any atom is -0.504 e. The van der Waals surface area contributed by atoms with Gasteiger partial charge in [-0.3, -0.25) is 4.99 Å². The standard InChI is InChI=1S/C19H31N3O2.HI/c1-5-20-19(22-12-14(2)11-15(3)13-22)21-10-9-16-7-6-8-17(24-4)18(16)23;/h6-8,14-15,23H,5,9-13H2,1-4H3,(H,20,21);1H. The highest BCUT2D eigenvalue weighted by molar-refractivity contribution is 14.0. The molecule has 142 valence electrons. The van der Waals surface area contributed by atoms with Gasteiger partial charge in [-0.2, -0.15) is 0 Å². The van der Waals surface area contributed by atoms with E-state index in [9.17, 15) is 5.11 Å². The van der Waals surface area contributed by atoms with Crippen LogP contribution < -0.4 is 10.1 Å². The Morgan fingerprint density at radius 1 is 1.32 bits per heavy atom. The molecule has 0 aromatic heterocycles. The third kappa shape index (κ3) is 6.24. The van der Waals surface area contributed by atoms with Crippen LogP contribution in [0.25, 0.3) is 0 Å². The van der Waals surface area contributed by atoms with Crippen molar-refractivity contribution in [3.05, 3.63) is 23.8 Å². The van der Waals surface area contributed by atoms with Gasteiger partial charge in [0.05, 0.1) is 7.11 Å². The van der Waals surface area contributed by atoms with Gasteiger partial charge in [-0.15, -0.1) is 24.0 Å². The largest absolute Gasteiger partial charge is 0.504 e. The average molecular weight is 461 g/mol. The van der Waals surface area contributed by atoms with Gasteiger partial charge in [0.15, 0.2) is 17.5 Å². The lowest BCUT2D eigenvalue weighted by molar-refractivity contribution is 0.208. The fourth-order valence-electron chi connectivity index (χ4n) is 3.48. The van der Waals surface area contributed by atoms with Crippen molar-refractivity contribution >= 4 is 29.9 Å². The van der Waals surface area contributed by atoms with E-state index in [1.54, 1.807) is 13.2 Å². The molecule has 1 aromatic rings. The van der Waals surface area contributed by atoms with Gasteiger partial charge in [0.2, 0.25) is 0 Å². The van der Waals surface area contributed by atoms with Crippen LogP contribution in [0.5, 0.6) is 11.5 Å². The van der Waals surface area contributed by atoms with Crippen molar-refractivity contribution in [1.29, 1.82) is 0 Å². The Morgan fingerprint density at radius 2 is 2.00 bits per heavy atom. The lowest BCUT2D eigenvalue weighted by Gasteiger charge is -2.37. The molecule has 1 aromatic carbocycles. The molecule has 5 nitrogen and oxygen atoms in total. The van der Waals surface area contributed by atoms with E-state index in [0.717, 1.165) is 31.2 Å². The molecular formula is C19H32IN3O2. The van der Waals surface area contributed by atoms with Crippen LogP contribution in [0.15, 0.2) is 23.2 Å². The summed E-state index contributed by atoms with van der Waals surface area (Å²) < 4.78 is 5.16. The molecule has 2 atom stereocenters. The number of phenolic OH excluding ortho intramolecular Hbond substituents is 1. The third-order valence-electron chi connectivity index (χ3n) is 4.45. The molecule has 2 unspecified atom stereocenters. The van der Waals surface area contributed by atoms with E-state index in [0.29, 0.717) is 30.6 Å². The third-order valence-corrected chi connectivity index (χ3v) is 4.45. The van der Waals surface area contributed by atoms with Crippen molar-refractivity contribution in [3.63, 3.8) is 0 Å². The summed E-state index contributed by atoms with van der Waals surface area (Å²) in [7, 11) is 1.57. The second kappa shape index (κ2) is 10.7. The fourth-order valence-corrected chi connectivity index (χ4v) is 3.48. The Hall–Kier alpha value is -1.18. The van der Waals surface area contributed by atoms with Crippen LogP contribution in [0.4, 0.5) is 0 Å². The first-order chi connectivity index (χ1) is 11.5. The summed E-state index contributed by atoms with van der Waals surface area (Å²) in [5.41, 5.74) is 0.870. The summed E-state index contributed by atoms with van der Waals surface area (Å²) in [6.45, 7) is 10.3.